The Bertz CT molecular complexity index is 514. The van der Waals surface area contributed by atoms with Crippen LogP contribution in [0.3, 0.4) is 0 Å². The fourth-order valence-electron chi connectivity index (χ4n) is 1.65. The second-order valence-corrected chi connectivity index (χ2v) is 6.05. The van der Waals surface area contributed by atoms with Crippen LogP contribution in [0.25, 0.3) is 0 Å². The van der Waals surface area contributed by atoms with Crippen LogP contribution < -0.4 is 5.73 Å². The van der Waals surface area contributed by atoms with Crippen LogP contribution in [0.5, 0.6) is 5.75 Å². The number of phenolic OH excluding ortho intramolecular Hbond substituents is 1. The fraction of sp³-hybridized carbons (Fsp3) is 0.455. The van der Waals surface area contributed by atoms with Gasteiger partial charge in [-0.3, -0.25) is 0 Å². The molecule has 0 saturated heterocycles. The van der Waals surface area contributed by atoms with Crippen molar-refractivity contribution in [3.8, 4) is 5.75 Å². The summed E-state index contributed by atoms with van der Waals surface area (Å²) < 4.78 is 36.2. The number of benzene rings is 1. The minimum absolute atomic E-state index is 0.122. The third-order valence-corrected chi connectivity index (χ3v) is 3.76. The van der Waals surface area contributed by atoms with Gasteiger partial charge in [0.05, 0.1) is 0 Å². The van der Waals surface area contributed by atoms with E-state index in [1.807, 2.05) is 0 Å². The lowest BCUT2D eigenvalue weighted by Crippen LogP contribution is -2.07. The van der Waals surface area contributed by atoms with Gasteiger partial charge in [0.15, 0.2) is 21.4 Å². The zero-order valence-corrected chi connectivity index (χ0v) is 10.6. The summed E-state index contributed by atoms with van der Waals surface area (Å²) in [6, 6.07) is 2.60. The third-order valence-electron chi connectivity index (χ3n) is 2.64. The van der Waals surface area contributed by atoms with E-state index in [2.05, 4.69) is 0 Å². The second-order valence-electron chi connectivity index (χ2n) is 4.07. The molecule has 3 N–H and O–H groups in total. The van der Waals surface area contributed by atoms with Gasteiger partial charge >= 0.3 is 0 Å². The zero-order valence-electron chi connectivity index (χ0n) is 9.77. The fourth-order valence-corrected chi connectivity index (χ4v) is 2.39. The molecule has 1 rings (SSSR count). The van der Waals surface area contributed by atoms with E-state index < -0.39 is 26.3 Å². The van der Waals surface area contributed by atoms with Gasteiger partial charge in [-0.25, -0.2) is 12.8 Å². The zero-order chi connectivity index (χ0) is 13.2. The molecule has 0 aromatic heterocycles. The number of aromatic hydroxyl groups is 1. The molecule has 96 valence electrons. The van der Waals surface area contributed by atoms with Crippen LogP contribution in [0.4, 0.5) is 4.39 Å². The average molecular weight is 261 g/mol. The summed E-state index contributed by atoms with van der Waals surface area (Å²) in [7, 11) is -3.67. The van der Waals surface area contributed by atoms with Crippen molar-refractivity contribution in [2.75, 3.05) is 12.8 Å². The van der Waals surface area contributed by atoms with Crippen molar-refractivity contribution < 1.29 is 17.9 Å². The topological polar surface area (TPSA) is 80.4 Å². The molecule has 1 unspecified atom stereocenters. The Morgan fingerprint density at radius 1 is 1.47 bits per heavy atom. The van der Waals surface area contributed by atoms with Crippen molar-refractivity contribution in [1.29, 1.82) is 0 Å². The molecule has 0 aliphatic heterocycles. The number of halogens is 1. The van der Waals surface area contributed by atoms with E-state index >= 15 is 0 Å². The Morgan fingerprint density at radius 3 is 2.53 bits per heavy atom. The van der Waals surface area contributed by atoms with Crippen molar-refractivity contribution in [1.82, 2.24) is 0 Å². The van der Waals surface area contributed by atoms with Crippen LogP contribution in [0.1, 0.15) is 24.8 Å². The van der Waals surface area contributed by atoms with E-state index in [4.69, 9.17) is 5.73 Å². The number of phenols is 1. The van der Waals surface area contributed by atoms with Crippen LogP contribution in [-0.4, -0.2) is 26.3 Å². The predicted octanol–water partition coefficient (Wildman–Crippen LogP) is 1.39. The minimum Gasteiger partial charge on any atom is -0.505 e. The number of hydrogen-bond acceptors (Lipinski definition) is 4. The molecule has 0 heterocycles. The highest BCUT2D eigenvalue weighted by atomic mass is 32.2. The van der Waals surface area contributed by atoms with Crippen molar-refractivity contribution in [3.05, 3.63) is 23.5 Å². The standard InChI is InChI=1S/C11H16FNO3S/c1-7(5-6-13)8-3-4-9(17(2,15)16)10(12)11(8)14/h3-4,7,14H,5-6,13H2,1-2H3. The average Bonchev–Trinajstić information content (AvgIpc) is 2.20. The second kappa shape index (κ2) is 5.01. The number of nitrogens with two attached hydrogens (primary N) is 1. The maximum Gasteiger partial charge on any atom is 0.183 e. The van der Waals surface area contributed by atoms with E-state index in [0.717, 1.165) is 6.26 Å². The van der Waals surface area contributed by atoms with Gasteiger partial charge in [0.1, 0.15) is 4.90 Å². The Balaban J connectivity index is 3.29. The monoisotopic (exact) mass is 261 g/mol. The molecule has 1 aromatic carbocycles. The molecule has 0 radical (unpaired) electrons. The summed E-state index contributed by atoms with van der Waals surface area (Å²) in [6.45, 7) is 2.21. The lowest BCUT2D eigenvalue weighted by molar-refractivity contribution is 0.411. The molecule has 0 saturated carbocycles. The Kier molecular flexibility index (Phi) is 4.11. The van der Waals surface area contributed by atoms with Gasteiger partial charge in [-0.15, -0.1) is 0 Å². The number of sulfone groups is 1. The van der Waals surface area contributed by atoms with E-state index in [-0.39, 0.29) is 5.92 Å². The van der Waals surface area contributed by atoms with Gasteiger partial charge in [0.25, 0.3) is 0 Å². The van der Waals surface area contributed by atoms with Gasteiger partial charge < -0.3 is 10.8 Å². The molecular formula is C11H16FNO3S. The first kappa shape index (κ1) is 13.9. The molecule has 0 aliphatic carbocycles. The highest BCUT2D eigenvalue weighted by Gasteiger charge is 2.21. The van der Waals surface area contributed by atoms with Gasteiger partial charge in [-0.1, -0.05) is 13.0 Å². The summed E-state index contributed by atoms with van der Waals surface area (Å²) in [5.41, 5.74) is 5.76. The van der Waals surface area contributed by atoms with Crippen LogP contribution in [0, 0.1) is 5.82 Å². The molecule has 0 spiro atoms. The largest absolute Gasteiger partial charge is 0.505 e. The summed E-state index contributed by atoms with van der Waals surface area (Å²) in [5.74, 6) is -1.81. The summed E-state index contributed by atoms with van der Waals surface area (Å²) in [5, 5.41) is 9.66. The van der Waals surface area contributed by atoms with Gasteiger partial charge in [0, 0.05) is 6.26 Å². The number of rotatable bonds is 4. The van der Waals surface area contributed by atoms with Crippen molar-refractivity contribution in [3.63, 3.8) is 0 Å². The van der Waals surface area contributed by atoms with E-state index in [1.165, 1.54) is 12.1 Å². The molecule has 0 aliphatic rings. The SMILES string of the molecule is CC(CCN)c1ccc(S(C)(=O)=O)c(F)c1O. The Hall–Kier alpha value is -1.14. The number of hydrogen-bond donors (Lipinski definition) is 2. The van der Waals surface area contributed by atoms with Crippen LogP contribution in [-0.2, 0) is 9.84 Å². The smallest absolute Gasteiger partial charge is 0.183 e. The molecule has 1 atom stereocenters. The molecule has 1 aromatic rings. The third kappa shape index (κ3) is 2.95. The van der Waals surface area contributed by atoms with Crippen LogP contribution >= 0.6 is 0 Å². The van der Waals surface area contributed by atoms with Gasteiger partial charge in [-0.05, 0) is 30.5 Å². The summed E-state index contributed by atoms with van der Waals surface area (Å²) in [4.78, 5) is -0.487. The van der Waals surface area contributed by atoms with Gasteiger partial charge in [0.2, 0.25) is 0 Å². The van der Waals surface area contributed by atoms with E-state index in [9.17, 15) is 17.9 Å². The normalized spacial score (nSPS) is 13.6. The maximum atomic E-state index is 13.7. The molecule has 0 amide bonds. The lowest BCUT2D eigenvalue weighted by atomic mass is 9.97. The molecule has 0 bridgehead atoms. The first-order valence-electron chi connectivity index (χ1n) is 5.20. The Morgan fingerprint density at radius 2 is 2.06 bits per heavy atom. The Labute approximate surface area is 100 Å². The minimum atomic E-state index is -3.67. The first-order valence-corrected chi connectivity index (χ1v) is 7.09. The van der Waals surface area contributed by atoms with E-state index in [0.29, 0.717) is 18.5 Å². The lowest BCUT2D eigenvalue weighted by Gasteiger charge is -2.14. The molecular weight excluding hydrogens is 245 g/mol. The molecule has 0 fully saturated rings. The van der Waals surface area contributed by atoms with Crippen LogP contribution in [0.2, 0.25) is 0 Å². The molecule has 4 nitrogen and oxygen atoms in total. The van der Waals surface area contributed by atoms with Crippen molar-refractivity contribution >= 4 is 9.84 Å². The summed E-state index contributed by atoms with van der Waals surface area (Å²) in [6.07, 6.45) is 1.49. The summed E-state index contributed by atoms with van der Waals surface area (Å²) >= 11 is 0. The maximum absolute atomic E-state index is 13.7. The predicted molar refractivity (Wildman–Crippen MR) is 63.3 cm³/mol. The molecule has 17 heavy (non-hydrogen) atoms. The van der Waals surface area contributed by atoms with Crippen LogP contribution in [0.15, 0.2) is 17.0 Å². The van der Waals surface area contributed by atoms with Gasteiger partial charge in [-0.2, -0.15) is 0 Å². The first-order chi connectivity index (χ1) is 7.79. The molecule has 6 heteroatoms. The highest BCUT2D eigenvalue weighted by molar-refractivity contribution is 7.90. The van der Waals surface area contributed by atoms with E-state index in [1.54, 1.807) is 6.92 Å². The highest BCUT2D eigenvalue weighted by Crippen LogP contribution is 2.33. The quantitative estimate of drug-likeness (QED) is 0.858. The van der Waals surface area contributed by atoms with Crippen molar-refractivity contribution in [2.45, 2.75) is 24.2 Å². The van der Waals surface area contributed by atoms with Crippen molar-refractivity contribution in [2.24, 2.45) is 5.73 Å².